The van der Waals surface area contributed by atoms with Gasteiger partial charge in [-0.3, -0.25) is 0 Å². The minimum atomic E-state index is -0.121. The third kappa shape index (κ3) is 2.52. The molecule has 0 saturated heterocycles. The first-order valence-electron chi connectivity index (χ1n) is 6.67. The topological polar surface area (TPSA) is 0 Å². The second-order valence-electron chi connectivity index (χ2n) is 5.25. The summed E-state index contributed by atoms with van der Waals surface area (Å²) in [5.41, 5.74) is 6.26. The third-order valence-corrected chi connectivity index (χ3v) is 4.81. The van der Waals surface area contributed by atoms with Gasteiger partial charge in [-0.05, 0) is 60.1 Å². The van der Waals surface area contributed by atoms with Gasteiger partial charge in [0, 0.05) is 5.02 Å². The predicted octanol–water partition coefficient (Wildman–Crippen LogP) is 5.47. The first kappa shape index (κ1) is 13.0. The number of halogens is 2. The summed E-state index contributed by atoms with van der Waals surface area (Å²) in [6, 6.07) is 12.7. The zero-order chi connectivity index (χ0) is 13.4. The minimum Gasteiger partial charge on any atom is -0.113 e. The Bertz CT molecular complexity index is 617. The minimum absolute atomic E-state index is 0.121. The molecule has 0 aromatic heterocycles. The van der Waals surface area contributed by atoms with Crippen molar-refractivity contribution in [2.24, 2.45) is 0 Å². The lowest BCUT2D eigenvalue weighted by atomic mass is 9.99. The average Bonchev–Trinajstić information content (AvgIpc) is 2.88. The Morgan fingerprint density at radius 1 is 0.947 bits per heavy atom. The fraction of sp³-hybridized carbons (Fsp3) is 0.294. The van der Waals surface area contributed by atoms with Crippen molar-refractivity contribution in [3.63, 3.8) is 0 Å². The summed E-state index contributed by atoms with van der Waals surface area (Å²) in [6.07, 6.45) is 3.66. The maximum atomic E-state index is 6.60. The van der Waals surface area contributed by atoms with E-state index >= 15 is 0 Å². The number of hydrogen-bond acceptors (Lipinski definition) is 0. The van der Waals surface area contributed by atoms with Gasteiger partial charge < -0.3 is 0 Å². The second-order valence-corrected chi connectivity index (χ2v) is 6.10. The van der Waals surface area contributed by atoms with Crippen LogP contribution >= 0.6 is 23.2 Å². The van der Waals surface area contributed by atoms with Gasteiger partial charge in [0.25, 0.3) is 0 Å². The van der Waals surface area contributed by atoms with Crippen LogP contribution in [-0.2, 0) is 12.8 Å². The highest BCUT2D eigenvalue weighted by Gasteiger charge is 2.16. The molecule has 1 aliphatic carbocycles. The molecule has 0 fully saturated rings. The zero-order valence-electron chi connectivity index (χ0n) is 10.9. The van der Waals surface area contributed by atoms with Crippen molar-refractivity contribution >= 4 is 23.2 Å². The lowest BCUT2D eigenvalue weighted by Gasteiger charge is -2.13. The Morgan fingerprint density at radius 3 is 2.42 bits per heavy atom. The van der Waals surface area contributed by atoms with Crippen molar-refractivity contribution in [1.82, 2.24) is 0 Å². The molecule has 1 unspecified atom stereocenters. The molecule has 1 atom stereocenters. The molecule has 0 amide bonds. The van der Waals surface area contributed by atoms with Gasteiger partial charge in [0.05, 0.1) is 5.38 Å². The summed E-state index contributed by atoms with van der Waals surface area (Å²) in [5.74, 6) is 0. The normalized spacial score (nSPS) is 15.3. The molecule has 0 bridgehead atoms. The van der Waals surface area contributed by atoms with E-state index in [9.17, 15) is 0 Å². The zero-order valence-corrected chi connectivity index (χ0v) is 12.4. The van der Waals surface area contributed by atoms with Crippen LogP contribution in [0.15, 0.2) is 36.4 Å². The molecule has 3 rings (SSSR count). The number of hydrogen-bond donors (Lipinski definition) is 0. The Balaban J connectivity index is 1.94. The Labute approximate surface area is 124 Å². The lowest BCUT2D eigenvalue weighted by Crippen LogP contribution is -1.96. The van der Waals surface area contributed by atoms with Gasteiger partial charge in [-0.25, -0.2) is 0 Å². The van der Waals surface area contributed by atoms with Crippen molar-refractivity contribution in [1.29, 1.82) is 0 Å². The van der Waals surface area contributed by atoms with E-state index in [-0.39, 0.29) is 5.38 Å². The monoisotopic (exact) mass is 290 g/mol. The van der Waals surface area contributed by atoms with Crippen molar-refractivity contribution in [2.75, 3.05) is 0 Å². The smallest absolute Gasteiger partial charge is 0.0836 e. The molecule has 2 aromatic rings. The lowest BCUT2D eigenvalue weighted by molar-refractivity contribution is 0.911. The van der Waals surface area contributed by atoms with Crippen molar-refractivity contribution in [2.45, 2.75) is 31.6 Å². The Morgan fingerprint density at radius 2 is 1.63 bits per heavy atom. The Kier molecular flexibility index (Phi) is 3.56. The van der Waals surface area contributed by atoms with Crippen LogP contribution in [0, 0.1) is 6.92 Å². The molecule has 0 radical (unpaired) electrons. The molecular formula is C17H16Cl2. The van der Waals surface area contributed by atoms with Crippen molar-refractivity contribution in [3.8, 4) is 0 Å². The molecule has 0 spiro atoms. The highest BCUT2D eigenvalue weighted by atomic mass is 35.5. The molecule has 0 aliphatic heterocycles. The standard InChI is InChI=1S/C17H16Cl2/c1-11-5-6-15(10-16(11)18)17(19)14-8-7-12-3-2-4-13(12)9-14/h5-10,17H,2-4H2,1H3. The van der Waals surface area contributed by atoms with Crippen LogP contribution in [0.2, 0.25) is 5.02 Å². The van der Waals surface area contributed by atoms with E-state index in [2.05, 4.69) is 24.3 Å². The van der Waals surface area contributed by atoms with Crippen molar-refractivity contribution < 1.29 is 0 Å². The van der Waals surface area contributed by atoms with E-state index in [1.54, 1.807) is 0 Å². The summed E-state index contributed by atoms with van der Waals surface area (Å²) in [6.45, 7) is 2.00. The Hall–Kier alpha value is -0.980. The first-order chi connectivity index (χ1) is 9.15. The molecule has 0 N–H and O–H groups in total. The molecule has 0 nitrogen and oxygen atoms in total. The molecule has 2 heteroatoms. The van der Waals surface area contributed by atoms with Crippen LogP contribution in [0.1, 0.15) is 39.6 Å². The highest BCUT2D eigenvalue weighted by Crippen LogP contribution is 2.34. The number of rotatable bonds is 2. The van der Waals surface area contributed by atoms with Crippen LogP contribution in [0.3, 0.4) is 0 Å². The van der Waals surface area contributed by atoms with Gasteiger partial charge in [-0.2, -0.15) is 0 Å². The molecule has 0 saturated carbocycles. The molecule has 0 heterocycles. The van der Waals surface area contributed by atoms with E-state index in [4.69, 9.17) is 23.2 Å². The van der Waals surface area contributed by atoms with E-state index in [0.717, 1.165) is 16.1 Å². The molecule has 98 valence electrons. The van der Waals surface area contributed by atoms with Gasteiger partial charge in [0.1, 0.15) is 0 Å². The molecular weight excluding hydrogens is 275 g/mol. The fourth-order valence-corrected chi connectivity index (χ4v) is 3.17. The predicted molar refractivity (Wildman–Crippen MR) is 82.4 cm³/mol. The van der Waals surface area contributed by atoms with Crippen LogP contribution in [0.4, 0.5) is 0 Å². The van der Waals surface area contributed by atoms with E-state index in [0.29, 0.717) is 0 Å². The van der Waals surface area contributed by atoms with Crippen LogP contribution in [0.25, 0.3) is 0 Å². The number of benzene rings is 2. The summed E-state index contributed by atoms with van der Waals surface area (Å²) in [4.78, 5) is 0. The largest absolute Gasteiger partial charge is 0.113 e. The fourth-order valence-electron chi connectivity index (χ4n) is 2.71. The third-order valence-electron chi connectivity index (χ3n) is 3.90. The first-order valence-corrected chi connectivity index (χ1v) is 7.48. The van der Waals surface area contributed by atoms with Gasteiger partial charge >= 0.3 is 0 Å². The van der Waals surface area contributed by atoms with Crippen LogP contribution in [-0.4, -0.2) is 0 Å². The van der Waals surface area contributed by atoms with Gasteiger partial charge in [-0.1, -0.05) is 41.9 Å². The van der Waals surface area contributed by atoms with Crippen molar-refractivity contribution in [3.05, 3.63) is 69.2 Å². The highest BCUT2D eigenvalue weighted by molar-refractivity contribution is 6.31. The molecule has 19 heavy (non-hydrogen) atoms. The average molecular weight is 291 g/mol. The maximum absolute atomic E-state index is 6.60. The summed E-state index contributed by atoms with van der Waals surface area (Å²) in [7, 11) is 0. The number of alkyl halides is 1. The quantitative estimate of drug-likeness (QED) is 0.644. The number of aryl methyl sites for hydroxylation is 3. The molecule has 2 aromatic carbocycles. The maximum Gasteiger partial charge on any atom is 0.0836 e. The van der Waals surface area contributed by atoms with E-state index < -0.39 is 0 Å². The van der Waals surface area contributed by atoms with Crippen LogP contribution < -0.4 is 0 Å². The van der Waals surface area contributed by atoms with E-state index in [1.807, 2.05) is 19.1 Å². The number of fused-ring (bicyclic) bond motifs is 1. The van der Waals surface area contributed by atoms with Gasteiger partial charge in [-0.15, -0.1) is 11.6 Å². The second kappa shape index (κ2) is 5.19. The van der Waals surface area contributed by atoms with Gasteiger partial charge in [0.2, 0.25) is 0 Å². The van der Waals surface area contributed by atoms with Gasteiger partial charge in [0.15, 0.2) is 0 Å². The summed E-state index contributed by atoms with van der Waals surface area (Å²) in [5, 5.41) is 0.660. The summed E-state index contributed by atoms with van der Waals surface area (Å²) >= 11 is 12.8. The summed E-state index contributed by atoms with van der Waals surface area (Å²) < 4.78 is 0. The van der Waals surface area contributed by atoms with E-state index in [1.165, 1.54) is 36.0 Å². The molecule has 1 aliphatic rings. The van der Waals surface area contributed by atoms with Crippen LogP contribution in [0.5, 0.6) is 0 Å². The SMILES string of the molecule is Cc1ccc(C(Cl)c2ccc3c(c2)CCC3)cc1Cl.